The molecule has 2 N–H and O–H groups in total. The third-order valence-electron chi connectivity index (χ3n) is 3.63. The fourth-order valence-electron chi connectivity index (χ4n) is 2.39. The molecule has 1 aromatic carbocycles. The summed E-state index contributed by atoms with van der Waals surface area (Å²) in [6.45, 7) is -0.472. The normalized spacial score (nSPS) is 22.6. The number of nitrogens with one attached hydrogen (secondary N) is 2. The summed E-state index contributed by atoms with van der Waals surface area (Å²) in [7, 11) is 1.52. The van der Waals surface area contributed by atoms with Crippen LogP contribution in [0.1, 0.15) is 0 Å². The van der Waals surface area contributed by atoms with E-state index in [2.05, 4.69) is 10.6 Å². The fraction of sp³-hybridized carbons (Fsp3) is 0.267. The highest BCUT2D eigenvalue weighted by Gasteiger charge is 2.50. The Morgan fingerprint density at radius 1 is 1.15 bits per heavy atom. The van der Waals surface area contributed by atoms with E-state index in [1.165, 1.54) is 7.11 Å². The number of hydrogen-bond acceptors (Lipinski definition) is 8. The molecule has 2 heterocycles. The Balaban J connectivity index is 1.62. The molecule has 1 aromatic rings. The van der Waals surface area contributed by atoms with Crippen molar-refractivity contribution in [3.8, 4) is 5.75 Å². The second-order valence-electron chi connectivity index (χ2n) is 5.32. The number of amides is 5. The smallest absolute Gasteiger partial charge is 0.289 e. The van der Waals surface area contributed by atoms with Gasteiger partial charge in [0.1, 0.15) is 22.8 Å². The van der Waals surface area contributed by atoms with Crippen LogP contribution in [-0.2, 0) is 14.4 Å². The Labute approximate surface area is 156 Å². The lowest BCUT2D eigenvalue weighted by atomic mass is 10.2. The molecule has 2 aliphatic heterocycles. The third kappa shape index (κ3) is 3.68. The molecule has 2 atom stereocenters. The molecule has 26 heavy (non-hydrogen) atoms. The zero-order valence-electron chi connectivity index (χ0n) is 13.4. The van der Waals surface area contributed by atoms with E-state index < -0.39 is 45.2 Å². The maximum absolute atomic E-state index is 12.4. The van der Waals surface area contributed by atoms with Gasteiger partial charge in [-0.05, 0) is 47.8 Å². The molecule has 9 nitrogen and oxygen atoms in total. The van der Waals surface area contributed by atoms with E-state index in [-0.39, 0.29) is 0 Å². The molecule has 5 amide bonds. The van der Waals surface area contributed by atoms with Gasteiger partial charge in [0.05, 0.1) is 7.11 Å². The van der Waals surface area contributed by atoms with Crippen LogP contribution in [0.5, 0.6) is 5.75 Å². The average molecular weight is 395 g/mol. The number of carbonyl (C=O) groups is 5. The molecular weight excluding hydrogens is 382 g/mol. The number of imide groups is 2. The molecule has 0 bridgehead atoms. The molecule has 0 unspecified atom stereocenters. The zero-order valence-corrected chi connectivity index (χ0v) is 15.0. The van der Waals surface area contributed by atoms with Gasteiger partial charge in [0.15, 0.2) is 0 Å². The van der Waals surface area contributed by atoms with E-state index in [0.29, 0.717) is 35.0 Å². The van der Waals surface area contributed by atoms with E-state index in [4.69, 9.17) is 4.74 Å². The highest BCUT2D eigenvalue weighted by Crippen LogP contribution is 2.36. The second-order valence-corrected chi connectivity index (χ2v) is 7.53. The zero-order chi connectivity index (χ0) is 18.8. The van der Waals surface area contributed by atoms with E-state index >= 15 is 0 Å². The lowest BCUT2D eigenvalue weighted by Crippen LogP contribution is -2.42. The fourth-order valence-corrected chi connectivity index (χ4v) is 4.49. The summed E-state index contributed by atoms with van der Waals surface area (Å²) in [5.41, 5.74) is 0.482. The van der Waals surface area contributed by atoms with Crippen molar-refractivity contribution < 1.29 is 28.7 Å². The molecule has 0 aliphatic carbocycles. The molecule has 2 saturated heterocycles. The number of anilines is 1. The lowest BCUT2D eigenvalue weighted by molar-refractivity contribution is -0.131. The van der Waals surface area contributed by atoms with Crippen molar-refractivity contribution >= 4 is 57.4 Å². The molecule has 2 fully saturated rings. The highest BCUT2D eigenvalue weighted by atomic mass is 32.2. The standard InChI is InChI=1S/C15H13N3O6S2/c1-24-8-4-2-7(3-5-8)16-9(19)6-18-13(21)11(26-15(18)23)10-12(20)17-14(22)25-10/h2-5,10-11H,6H2,1H3,(H,16,19)(H,17,20,22)/t10-,11+/m1/s1. The number of benzene rings is 1. The van der Waals surface area contributed by atoms with Crippen LogP contribution in [0.25, 0.3) is 0 Å². The van der Waals surface area contributed by atoms with Crippen LogP contribution >= 0.6 is 23.5 Å². The van der Waals surface area contributed by atoms with Crippen molar-refractivity contribution in [2.24, 2.45) is 0 Å². The molecular formula is C15H13N3O6S2. The summed E-state index contributed by atoms with van der Waals surface area (Å²) >= 11 is 1.32. The van der Waals surface area contributed by atoms with Crippen molar-refractivity contribution in [2.75, 3.05) is 19.0 Å². The van der Waals surface area contributed by atoms with E-state index in [9.17, 15) is 24.0 Å². The molecule has 0 aromatic heterocycles. The summed E-state index contributed by atoms with van der Waals surface area (Å²) in [6.07, 6.45) is 0. The molecule has 0 radical (unpaired) electrons. The van der Waals surface area contributed by atoms with Crippen LogP contribution in [0.4, 0.5) is 15.3 Å². The number of nitrogens with zero attached hydrogens (tertiary/aromatic N) is 1. The van der Waals surface area contributed by atoms with Gasteiger partial charge in [0, 0.05) is 5.69 Å². The van der Waals surface area contributed by atoms with Crippen molar-refractivity contribution in [3.05, 3.63) is 24.3 Å². The van der Waals surface area contributed by atoms with Gasteiger partial charge in [-0.2, -0.15) is 0 Å². The number of hydrogen-bond donors (Lipinski definition) is 2. The van der Waals surface area contributed by atoms with Gasteiger partial charge in [-0.25, -0.2) is 0 Å². The summed E-state index contributed by atoms with van der Waals surface area (Å²) < 4.78 is 5.02. The van der Waals surface area contributed by atoms with Crippen molar-refractivity contribution in [2.45, 2.75) is 10.5 Å². The Kier molecular flexibility index (Phi) is 5.18. The predicted molar refractivity (Wildman–Crippen MR) is 95.0 cm³/mol. The number of ether oxygens (including phenoxy) is 1. The minimum absolute atomic E-state index is 0.472. The first-order chi connectivity index (χ1) is 12.4. The molecule has 0 saturated carbocycles. The third-order valence-corrected chi connectivity index (χ3v) is 6.00. The number of methoxy groups -OCH3 is 1. The largest absolute Gasteiger partial charge is 0.497 e. The van der Waals surface area contributed by atoms with Gasteiger partial charge < -0.3 is 10.1 Å². The van der Waals surface area contributed by atoms with Crippen LogP contribution in [0.3, 0.4) is 0 Å². The van der Waals surface area contributed by atoms with Crippen molar-refractivity contribution in [3.63, 3.8) is 0 Å². The Morgan fingerprint density at radius 2 is 1.85 bits per heavy atom. The second kappa shape index (κ2) is 7.38. The first kappa shape index (κ1) is 18.3. The van der Waals surface area contributed by atoms with Gasteiger partial charge in [-0.1, -0.05) is 0 Å². The summed E-state index contributed by atoms with van der Waals surface area (Å²) in [5.74, 6) is -1.21. The van der Waals surface area contributed by atoms with E-state index in [1.54, 1.807) is 24.3 Å². The van der Waals surface area contributed by atoms with Gasteiger partial charge in [-0.15, -0.1) is 0 Å². The van der Waals surface area contributed by atoms with Crippen LogP contribution in [0.2, 0.25) is 0 Å². The van der Waals surface area contributed by atoms with E-state index in [1.807, 2.05) is 0 Å². The minimum Gasteiger partial charge on any atom is -0.497 e. The van der Waals surface area contributed by atoms with Gasteiger partial charge in [-0.3, -0.25) is 34.2 Å². The Morgan fingerprint density at radius 3 is 2.42 bits per heavy atom. The Bertz CT molecular complexity index is 797. The molecule has 11 heteroatoms. The monoisotopic (exact) mass is 395 g/mol. The van der Waals surface area contributed by atoms with Crippen LogP contribution in [-0.4, -0.2) is 57.3 Å². The van der Waals surface area contributed by atoms with Crippen molar-refractivity contribution in [1.29, 1.82) is 0 Å². The van der Waals surface area contributed by atoms with Crippen LogP contribution < -0.4 is 15.4 Å². The maximum atomic E-state index is 12.4. The topological polar surface area (TPSA) is 122 Å². The lowest BCUT2D eigenvalue weighted by Gasteiger charge is -2.15. The average Bonchev–Trinajstić information content (AvgIpc) is 3.08. The Hall–Kier alpha value is -2.53. The van der Waals surface area contributed by atoms with E-state index in [0.717, 1.165) is 4.90 Å². The molecule has 136 valence electrons. The summed E-state index contributed by atoms with van der Waals surface area (Å²) in [5, 5.41) is 1.47. The van der Waals surface area contributed by atoms with Gasteiger partial charge in [0.2, 0.25) is 17.7 Å². The first-order valence-corrected chi connectivity index (χ1v) is 9.12. The van der Waals surface area contributed by atoms with Crippen LogP contribution in [0.15, 0.2) is 24.3 Å². The summed E-state index contributed by atoms with van der Waals surface area (Å²) in [4.78, 5) is 60.3. The quantitative estimate of drug-likeness (QED) is 0.759. The predicted octanol–water partition coefficient (Wildman–Crippen LogP) is 1.05. The first-order valence-electron chi connectivity index (χ1n) is 7.36. The van der Waals surface area contributed by atoms with Crippen molar-refractivity contribution in [1.82, 2.24) is 10.2 Å². The molecule has 3 rings (SSSR count). The number of carbonyl (C=O) groups excluding carboxylic acids is 5. The molecule has 0 spiro atoms. The highest BCUT2D eigenvalue weighted by molar-refractivity contribution is 8.19. The minimum atomic E-state index is -1.02. The summed E-state index contributed by atoms with van der Waals surface area (Å²) in [6, 6.07) is 6.54. The van der Waals surface area contributed by atoms with Gasteiger partial charge >= 0.3 is 0 Å². The SMILES string of the molecule is COc1ccc(NC(=O)CN2C(=O)S[C@@H]([C@H]3SC(=O)NC3=O)C2=O)cc1. The molecule has 2 aliphatic rings. The van der Waals surface area contributed by atoms with Gasteiger partial charge in [0.25, 0.3) is 10.5 Å². The van der Waals surface area contributed by atoms with Crippen LogP contribution in [0, 0.1) is 0 Å². The number of thioether (sulfide) groups is 2. The maximum Gasteiger partial charge on any atom is 0.289 e. The number of rotatable bonds is 5.